The maximum absolute atomic E-state index is 2.42. The smallest absolute Gasteiger partial charge is 0.0713 e. The van der Waals surface area contributed by atoms with Gasteiger partial charge >= 0.3 is 0 Å². The Bertz CT molecular complexity index is 5230. The summed E-state index contributed by atoms with van der Waals surface area (Å²) in [5, 5.41) is 4.97. The van der Waals surface area contributed by atoms with Crippen molar-refractivity contribution >= 4 is 43.6 Å². The summed E-state index contributed by atoms with van der Waals surface area (Å²) >= 11 is 0. The van der Waals surface area contributed by atoms with Crippen LogP contribution in [-0.2, 0) is 5.41 Å². The zero-order chi connectivity index (χ0) is 57.4. The van der Waals surface area contributed by atoms with Gasteiger partial charge in [-0.2, -0.15) is 0 Å². The normalized spacial score (nSPS) is 12.5. The molecule has 0 unspecified atom stereocenters. The SMILES string of the molecule is c1ccc(-c2ccc(-n3c4ccccc4c4cc(-c5ccc6c(c5)c5ccccc5n6-c5ccc(-c6ccc(-c7ccc(-c8cccc(-c9cccc(C%10(c%11ccccc%11)c%11ccccc%11-c%11ccccc%11%10)c9)c8)cc7)cc6)cc5)ccc43)cc2)cc1. The average Bonchev–Trinajstić information content (AvgIpc) is 1.64. The van der Waals surface area contributed by atoms with Gasteiger partial charge in [-0.1, -0.05) is 267 Å². The summed E-state index contributed by atoms with van der Waals surface area (Å²) < 4.78 is 4.81. The van der Waals surface area contributed by atoms with Crippen LogP contribution in [0.25, 0.3) is 133 Å². The topological polar surface area (TPSA) is 9.86 Å². The van der Waals surface area contributed by atoms with Gasteiger partial charge in [-0.05, 0) is 173 Å². The van der Waals surface area contributed by atoms with Gasteiger partial charge < -0.3 is 9.13 Å². The lowest BCUT2D eigenvalue weighted by Gasteiger charge is -2.34. The van der Waals surface area contributed by atoms with E-state index in [1.807, 2.05) is 0 Å². The van der Waals surface area contributed by atoms with Crippen LogP contribution in [0.15, 0.2) is 340 Å². The van der Waals surface area contributed by atoms with Gasteiger partial charge in [-0.15, -0.1) is 0 Å². The number of nitrogens with zero attached hydrogens (tertiary/aromatic N) is 2. The standard InChI is InChI=1S/C85H56N2/c1-3-17-57(18-4-1)61-41-47-71(48-42-61)86-81-31-13-9-27-75(81)77-55-67(45-51-83(77)86)68-46-52-84-78(56-68)76-28-10-14-32-82(76)87(84)72-49-43-62(44-50-72)60-35-33-58(34-36-60)59-37-39-63(40-38-59)64-19-15-20-65(53-64)66-21-16-24-70(54-66)85(69-22-5-2-6-23-69)79-29-11-7-25-73(79)74-26-8-12-30-80(74)85/h1-56H. The number of fused-ring (bicyclic) bond motifs is 9. The maximum Gasteiger partial charge on any atom is 0.0713 e. The highest BCUT2D eigenvalue weighted by molar-refractivity contribution is 6.13. The van der Waals surface area contributed by atoms with Gasteiger partial charge in [0.05, 0.1) is 27.5 Å². The summed E-state index contributed by atoms with van der Waals surface area (Å²) in [6.07, 6.45) is 0. The third-order valence-electron chi connectivity index (χ3n) is 18.5. The molecule has 0 amide bonds. The molecule has 14 aromatic carbocycles. The molecule has 0 radical (unpaired) electrons. The molecule has 0 N–H and O–H groups in total. The number of rotatable bonds is 10. The van der Waals surface area contributed by atoms with Gasteiger partial charge in [0, 0.05) is 32.9 Å². The fourth-order valence-corrected chi connectivity index (χ4v) is 14.3. The molecule has 406 valence electrons. The molecular weight excluding hydrogens is 1050 g/mol. The minimum absolute atomic E-state index is 0.438. The van der Waals surface area contributed by atoms with Gasteiger partial charge in [-0.3, -0.25) is 0 Å². The predicted octanol–water partition coefficient (Wildman–Crippen LogP) is 22.2. The first-order chi connectivity index (χ1) is 43.1. The van der Waals surface area contributed by atoms with Crippen molar-refractivity contribution in [1.29, 1.82) is 0 Å². The lowest BCUT2D eigenvalue weighted by atomic mass is 9.67. The predicted molar refractivity (Wildman–Crippen MR) is 365 cm³/mol. The van der Waals surface area contributed by atoms with Crippen LogP contribution in [0.3, 0.4) is 0 Å². The van der Waals surface area contributed by atoms with Crippen molar-refractivity contribution in [3.05, 3.63) is 362 Å². The Labute approximate surface area is 506 Å². The average molecular weight is 1110 g/mol. The molecule has 2 heteroatoms. The van der Waals surface area contributed by atoms with E-state index < -0.39 is 5.41 Å². The van der Waals surface area contributed by atoms with Crippen LogP contribution in [0.1, 0.15) is 22.3 Å². The van der Waals surface area contributed by atoms with Crippen LogP contribution >= 0.6 is 0 Å². The van der Waals surface area contributed by atoms with Crippen molar-refractivity contribution in [2.24, 2.45) is 0 Å². The molecule has 0 spiro atoms. The number of benzene rings is 14. The minimum Gasteiger partial charge on any atom is -0.309 e. The van der Waals surface area contributed by atoms with E-state index in [2.05, 4.69) is 349 Å². The second kappa shape index (κ2) is 20.5. The van der Waals surface area contributed by atoms with E-state index in [0.29, 0.717) is 0 Å². The summed E-state index contributed by atoms with van der Waals surface area (Å²) in [6, 6.07) is 125. The molecule has 0 atom stereocenters. The second-order valence-electron chi connectivity index (χ2n) is 23.2. The summed E-state index contributed by atoms with van der Waals surface area (Å²) in [5.74, 6) is 0. The Morgan fingerprint density at radius 3 is 0.989 bits per heavy atom. The maximum atomic E-state index is 2.42. The molecule has 17 rings (SSSR count). The second-order valence-corrected chi connectivity index (χ2v) is 23.2. The monoisotopic (exact) mass is 1100 g/mol. The van der Waals surface area contributed by atoms with E-state index in [1.165, 1.54) is 144 Å². The van der Waals surface area contributed by atoms with E-state index in [4.69, 9.17) is 0 Å². The Kier molecular flexibility index (Phi) is 11.8. The molecule has 1 aliphatic carbocycles. The lowest BCUT2D eigenvalue weighted by molar-refractivity contribution is 0.769. The molecule has 0 bridgehead atoms. The van der Waals surface area contributed by atoms with Crippen LogP contribution in [-0.4, -0.2) is 9.13 Å². The molecule has 0 saturated heterocycles. The van der Waals surface area contributed by atoms with Crippen molar-refractivity contribution in [1.82, 2.24) is 9.13 Å². The molecule has 0 saturated carbocycles. The van der Waals surface area contributed by atoms with Crippen molar-refractivity contribution in [3.8, 4) is 89.3 Å². The van der Waals surface area contributed by atoms with Gasteiger partial charge in [-0.25, -0.2) is 0 Å². The third kappa shape index (κ3) is 8.25. The summed E-state index contributed by atoms with van der Waals surface area (Å²) in [4.78, 5) is 0. The zero-order valence-electron chi connectivity index (χ0n) is 47.7. The van der Waals surface area contributed by atoms with Crippen LogP contribution in [0.2, 0.25) is 0 Å². The first-order valence-corrected chi connectivity index (χ1v) is 30.1. The summed E-state index contributed by atoms with van der Waals surface area (Å²) in [5.41, 5.74) is 28.8. The molecule has 2 heterocycles. The highest BCUT2D eigenvalue weighted by Gasteiger charge is 2.46. The Morgan fingerprint density at radius 1 is 0.184 bits per heavy atom. The number of para-hydroxylation sites is 2. The first-order valence-electron chi connectivity index (χ1n) is 30.1. The third-order valence-corrected chi connectivity index (χ3v) is 18.5. The molecule has 2 nitrogen and oxygen atoms in total. The van der Waals surface area contributed by atoms with Crippen molar-refractivity contribution < 1.29 is 0 Å². The van der Waals surface area contributed by atoms with Crippen molar-refractivity contribution in [2.75, 3.05) is 0 Å². The minimum atomic E-state index is -0.438. The largest absolute Gasteiger partial charge is 0.309 e. The molecular formula is C85H56N2. The fraction of sp³-hybridized carbons (Fsp3) is 0.0118. The van der Waals surface area contributed by atoms with E-state index >= 15 is 0 Å². The number of hydrogen-bond donors (Lipinski definition) is 0. The molecule has 0 aliphatic heterocycles. The molecule has 16 aromatic rings. The van der Waals surface area contributed by atoms with Gasteiger partial charge in [0.25, 0.3) is 0 Å². The van der Waals surface area contributed by atoms with Gasteiger partial charge in [0.15, 0.2) is 0 Å². The van der Waals surface area contributed by atoms with E-state index in [9.17, 15) is 0 Å². The first kappa shape index (κ1) is 50.2. The van der Waals surface area contributed by atoms with Crippen LogP contribution in [0, 0.1) is 0 Å². The van der Waals surface area contributed by atoms with Crippen molar-refractivity contribution in [2.45, 2.75) is 5.41 Å². The Morgan fingerprint density at radius 2 is 0.494 bits per heavy atom. The Hall–Kier alpha value is -11.3. The summed E-state index contributed by atoms with van der Waals surface area (Å²) in [6.45, 7) is 0. The fourth-order valence-electron chi connectivity index (χ4n) is 14.3. The van der Waals surface area contributed by atoms with Gasteiger partial charge in [0.2, 0.25) is 0 Å². The number of hydrogen-bond acceptors (Lipinski definition) is 0. The van der Waals surface area contributed by atoms with E-state index in [0.717, 1.165) is 11.4 Å². The zero-order valence-corrected chi connectivity index (χ0v) is 47.7. The molecule has 0 fully saturated rings. The highest BCUT2D eigenvalue weighted by atomic mass is 15.0. The van der Waals surface area contributed by atoms with Crippen LogP contribution < -0.4 is 0 Å². The molecule has 2 aromatic heterocycles. The molecule has 87 heavy (non-hydrogen) atoms. The highest BCUT2D eigenvalue weighted by Crippen LogP contribution is 2.56. The van der Waals surface area contributed by atoms with E-state index in [1.54, 1.807) is 0 Å². The van der Waals surface area contributed by atoms with Crippen molar-refractivity contribution in [3.63, 3.8) is 0 Å². The summed E-state index contributed by atoms with van der Waals surface area (Å²) in [7, 11) is 0. The Balaban J connectivity index is 0.627. The number of aromatic nitrogens is 2. The van der Waals surface area contributed by atoms with Gasteiger partial charge in [0.1, 0.15) is 0 Å². The van der Waals surface area contributed by atoms with E-state index in [-0.39, 0.29) is 0 Å². The molecule has 1 aliphatic rings. The quantitative estimate of drug-likeness (QED) is 0.129. The van der Waals surface area contributed by atoms with Crippen LogP contribution in [0.4, 0.5) is 0 Å². The van der Waals surface area contributed by atoms with Crippen LogP contribution in [0.5, 0.6) is 0 Å². The lowest BCUT2D eigenvalue weighted by Crippen LogP contribution is -2.28.